The molecular weight excluding hydrogens is 190 g/mol. The maximum absolute atomic E-state index is 11.7. The molecule has 1 unspecified atom stereocenters. The van der Waals surface area contributed by atoms with Crippen molar-refractivity contribution >= 4 is 5.91 Å². The average molecular weight is 207 g/mol. The molecular formula is C12H17NO2. The van der Waals surface area contributed by atoms with Gasteiger partial charge in [0.1, 0.15) is 0 Å². The molecule has 15 heavy (non-hydrogen) atoms. The second-order valence-corrected chi connectivity index (χ2v) is 3.46. The summed E-state index contributed by atoms with van der Waals surface area (Å²) >= 11 is 0. The second-order valence-electron chi connectivity index (χ2n) is 3.46. The lowest BCUT2D eigenvalue weighted by Crippen LogP contribution is -2.34. The van der Waals surface area contributed by atoms with Crippen LogP contribution in [0.3, 0.4) is 0 Å². The fourth-order valence-electron chi connectivity index (χ4n) is 1.39. The van der Waals surface area contributed by atoms with Crippen molar-refractivity contribution < 1.29 is 9.90 Å². The van der Waals surface area contributed by atoms with E-state index in [1.807, 2.05) is 25.1 Å². The van der Waals surface area contributed by atoms with Crippen LogP contribution in [0.5, 0.6) is 0 Å². The van der Waals surface area contributed by atoms with Gasteiger partial charge < -0.3 is 10.4 Å². The molecule has 82 valence electrons. The molecule has 1 atom stereocenters. The molecule has 2 N–H and O–H groups in total. The number of aliphatic hydroxyl groups excluding tert-OH is 1. The summed E-state index contributed by atoms with van der Waals surface area (Å²) in [6, 6.07) is 9.16. The Balaban J connectivity index is 2.55. The van der Waals surface area contributed by atoms with Crippen LogP contribution in [0.2, 0.25) is 0 Å². The quantitative estimate of drug-likeness (QED) is 0.770. The molecule has 0 aliphatic rings. The third kappa shape index (κ3) is 3.72. The first kappa shape index (κ1) is 11.7. The van der Waals surface area contributed by atoms with Crippen LogP contribution < -0.4 is 5.32 Å². The Bertz CT molecular complexity index is 298. The highest BCUT2D eigenvalue weighted by atomic mass is 16.3. The van der Waals surface area contributed by atoms with Gasteiger partial charge in [-0.1, -0.05) is 25.1 Å². The molecule has 0 aliphatic heterocycles. The Kier molecular flexibility index (Phi) is 4.84. The summed E-state index contributed by atoms with van der Waals surface area (Å²) in [6.07, 6.45) is 1.44. The molecule has 0 heterocycles. The maximum atomic E-state index is 11.7. The van der Waals surface area contributed by atoms with E-state index in [-0.39, 0.29) is 18.6 Å². The van der Waals surface area contributed by atoms with Crippen LogP contribution in [0.25, 0.3) is 0 Å². The third-order valence-electron chi connectivity index (χ3n) is 2.34. The van der Waals surface area contributed by atoms with Gasteiger partial charge in [-0.3, -0.25) is 4.79 Å². The van der Waals surface area contributed by atoms with Crippen LogP contribution in [0.4, 0.5) is 0 Å². The lowest BCUT2D eigenvalue weighted by atomic mass is 10.1. The summed E-state index contributed by atoms with van der Waals surface area (Å²) in [5.74, 6) is -0.0732. The van der Waals surface area contributed by atoms with Crippen molar-refractivity contribution in [2.75, 3.05) is 6.61 Å². The van der Waals surface area contributed by atoms with Crippen molar-refractivity contribution in [1.29, 1.82) is 0 Å². The van der Waals surface area contributed by atoms with Crippen molar-refractivity contribution in [1.82, 2.24) is 5.32 Å². The number of benzene rings is 1. The third-order valence-corrected chi connectivity index (χ3v) is 2.34. The van der Waals surface area contributed by atoms with E-state index in [0.29, 0.717) is 12.0 Å². The first-order chi connectivity index (χ1) is 7.27. The molecule has 0 aromatic heterocycles. The highest BCUT2D eigenvalue weighted by Crippen LogP contribution is 2.02. The van der Waals surface area contributed by atoms with E-state index in [4.69, 9.17) is 5.11 Å². The van der Waals surface area contributed by atoms with Gasteiger partial charge in [0.15, 0.2) is 0 Å². The Labute approximate surface area is 90.1 Å². The van der Waals surface area contributed by atoms with Crippen LogP contribution in [0.1, 0.15) is 30.1 Å². The first-order valence-electron chi connectivity index (χ1n) is 5.24. The molecule has 0 saturated heterocycles. The Morgan fingerprint density at radius 3 is 2.60 bits per heavy atom. The van der Waals surface area contributed by atoms with Crippen molar-refractivity contribution in [3.8, 4) is 0 Å². The van der Waals surface area contributed by atoms with Gasteiger partial charge in [-0.05, 0) is 25.0 Å². The van der Waals surface area contributed by atoms with E-state index < -0.39 is 0 Å². The molecule has 0 aliphatic carbocycles. The molecule has 1 amide bonds. The zero-order chi connectivity index (χ0) is 11.1. The number of carbonyl (C=O) groups is 1. The van der Waals surface area contributed by atoms with Crippen molar-refractivity contribution in [3.63, 3.8) is 0 Å². The minimum absolute atomic E-state index is 0.0581. The smallest absolute Gasteiger partial charge is 0.251 e. The van der Waals surface area contributed by atoms with Gasteiger partial charge in [-0.15, -0.1) is 0 Å². The number of hydrogen-bond acceptors (Lipinski definition) is 2. The standard InChI is InChI=1S/C12H17NO2/c1-2-11(8-9-14)13-12(15)10-6-4-3-5-7-10/h3-7,11,14H,2,8-9H2,1H3,(H,13,15). The molecule has 3 nitrogen and oxygen atoms in total. The first-order valence-corrected chi connectivity index (χ1v) is 5.24. The average Bonchev–Trinajstić information content (AvgIpc) is 2.29. The van der Waals surface area contributed by atoms with Crippen LogP contribution in [0.15, 0.2) is 30.3 Å². The number of rotatable bonds is 5. The van der Waals surface area contributed by atoms with Gasteiger partial charge in [0.25, 0.3) is 5.91 Å². The zero-order valence-electron chi connectivity index (χ0n) is 8.94. The summed E-state index contributed by atoms with van der Waals surface area (Å²) in [5.41, 5.74) is 0.661. The van der Waals surface area contributed by atoms with Gasteiger partial charge in [0, 0.05) is 18.2 Å². The van der Waals surface area contributed by atoms with E-state index in [2.05, 4.69) is 5.32 Å². The summed E-state index contributed by atoms with van der Waals surface area (Å²) in [5, 5.41) is 11.7. The van der Waals surface area contributed by atoms with Crippen LogP contribution >= 0.6 is 0 Å². The molecule has 0 fully saturated rings. The van der Waals surface area contributed by atoms with E-state index in [1.54, 1.807) is 12.1 Å². The second kappa shape index (κ2) is 6.19. The molecule has 3 heteroatoms. The Morgan fingerprint density at radius 1 is 1.40 bits per heavy atom. The lowest BCUT2D eigenvalue weighted by molar-refractivity contribution is 0.0929. The van der Waals surface area contributed by atoms with Crippen LogP contribution in [-0.4, -0.2) is 23.7 Å². The van der Waals surface area contributed by atoms with E-state index in [1.165, 1.54) is 0 Å². The lowest BCUT2D eigenvalue weighted by Gasteiger charge is -2.15. The topological polar surface area (TPSA) is 49.3 Å². The SMILES string of the molecule is CCC(CCO)NC(=O)c1ccccc1. The van der Waals surface area contributed by atoms with Gasteiger partial charge in [0.2, 0.25) is 0 Å². The van der Waals surface area contributed by atoms with Crippen molar-refractivity contribution in [3.05, 3.63) is 35.9 Å². The van der Waals surface area contributed by atoms with Crippen LogP contribution in [0, 0.1) is 0 Å². The summed E-state index contributed by atoms with van der Waals surface area (Å²) in [6.45, 7) is 2.10. The number of carbonyl (C=O) groups excluding carboxylic acids is 1. The van der Waals surface area contributed by atoms with E-state index in [0.717, 1.165) is 6.42 Å². The van der Waals surface area contributed by atoms with E-state index >= 15 is 0 Å². The summed E-state index contributed by atoms with van der Waals surface area (Å²) in [4.78, 5) is 11.7. The highest BCUT2D eigenvalue weighted by molar-refractivity contribution is 5.94. The molecule has 0 spiro atoms. The minimum Gasteiger partial charge on any atom is -0.396 e. The normalized spacial score (nSPS) is 12.1. The van der Waals surface area contributed by atoms with Crippen molar-refractivity contribution in [2.24, 2.45) is 0 Å². The zero-order valence-corrected chi connectivity index (χ0v) is 8.94. The number of hydrogen-bond donors (Lipinski definition) is 2. The van der Waals surface area contributed by atoms with Gasteiger partial charge >= 0.3 is 0 Å². The molecule has 1 aromatic rings. The highest BCUT2D eigenvalue weighted by Gasteiger charge is 2.10. The Hall–Kier alpha value is -1.35. The summed E-state index contributed by atoms with van der Waals surface area (Å²) in [7, 11) is 0. The summed E-state index contributed by atoms with van der Waals surface area (Å²) < 4.78 is 0. The largest absolute Gasteiger partial charge is 0.396 e. The molecule has 0 bridgehead atoms. The van der Waals surface area contributed by atoms with Gasteiger partial charge in [-0.25, -0.2) is 0 Å². The number of aliphatic hydroxyl groups is 1. The fraction of sp³-hybridized carbons (Fsp3) is 0.417. The van der Waals surface area contributed by atoms with E-state index in [9.17, 15) is 4.79 Å². The predicted molar refractivity (Wildman–Crippen MR) is 59.7 cm³/mol. The monoisotopic (exact) mass is 207 g/mol. The Morgan fingerprint density at radius 2 is 2.07 bits per heavy atom. The number of nitrogens with one attached hydrogen (secondary N) is 1. The number of amides is 1. The molecule has 0 saturated carbocycles. The predicted octanol–water partition coefficient (Wildman–Crippen LogP) is 1.58. The molecule has 1 rings (SSSR count). The van der Waals surface area contributed by atoms with Crippen molar-refractivity contribution in [2.45, 2.75) is 25.8 Å². The van der Waals surface area contributed by atoms with Gasteiger partial charge in [-0.2, -0.15) is 0 Å². The fourth-order valence-corrected chi connectivity index (χ4v) is 1.39. The van der Waals surface area contributed by atoms with Gasteiger partial charge in [0.05, 0.1) is 0 Å². The maximum Gasteiger partial charge on any atom is 0.251 e. The minimum atomic E-state index is -0.0732. The molecule has 1 aromatic carbocycles. The molecule has 0 radical (unpaired) electrons. The van der Waals surface area contributed by atoms with Crippen LogP contribution in [-0.2, 0) is 0 Å².